The van der Waals surface area contributed by atoms with Crippen LogP contribution in [0.25, 0.3) is 10.8 Å². The average molecular weight is 257 g/mol. The van der Waals surface area contributed by atoms with E-state index in [9.17, 15) is 4.79 Å². The quantitative estimate of drug-likeness (QED) is 0.796. The first-order chi connectivity index (χ1) is 9.31. The maximum Gasteiger partial charge on any atom is 0.411 e. The third-order valence-corrected chi connectivity index (χ3v) is 3.01. The molecule has 1 amide bonds. The topological polar surface area (TPSA) is 38.3 Å². The zero-order valence-electron chi connectivity index (χ0n) is 11.2. The molecule has 0 atom stereocenters. The van der Waals surface area contributed by atoms with Crippen molar-refractivity contribution in [1.29, 1.82) is 0 Å². The van der Waals surface area contributed by atoms with E-state index >= 15 is 0 Å². The first kappa shape index (κ1) is 13.4. The van der Waals surface area contributed by atoms with E-state index in [2.05, 4.69) is 12.2 Å². The van der Waals surface area contributed by atoms with Crippen LogP contribution in [0, 0.1) is 0 Å². The Morgan fingerprint density at radius 2 is 1.89 bits per heavy atom. The summed E-state index contributed by atoms with van der Waals surface area (Å²) < 4.78 is 5.15. The van der Waals surface area contributed by atoms with Gasteiger partial charge in [-0.05, 0) is 17.9 Å². The summed E-state index contributed by atoms with van der Waals surface area (Å²) in [4.78, 5) is 11.7. The molecule has 0 fully saturated rings. The zero-order chi connectivity index (χ0) is 13.5. The van der Waals surface area contributed by atoms with Crippen molar-refractivity contribution in [2.24, 2.45) is 0 Å². The molecule has 0 unspecified atom stereocenters. The summed E-state index contributed by atoms with van der Waals surface area (Å²) in [5.74, 6) is 0. The van der Waals surface area contributed by atoms with Gasteiger partial charge in [0, 0.05) is 5.39 Å². The molecule has 0 heterocycles. The molecule has 0 aliphatic rings. The van der Waals surface area contributed by atoms with Crippen molar-refractivity contribution in [3.8, 4) is 0 Å². The fourth-order valence-electron chi connectivity index (χ4n) is 2.00. The molecular weight excluding hydrogens is 238 g/mol. The molecule has 0 bridgehead atoms. The monoisotopic (exact) mass is 257 g/mol. The first-order valence-electron chi connectivity index (χ1n) is 6.73. The Bertz CT molecular complexity index is 546. The maximum absolute atomic E-state index is 11.7. The number of rotatable bonds is 5. The summed E-state index contributed by atoms with van der Waals surface area (Å²) in [5, 5.41) is 4.93. The van der Waals surface area contributed by atoms with E-state index in [1.165, 1.54) is 0 Å². The minimum absolute atomic E-state index is 0.382. The van der Waals surface area contributed by atoms with Crippen molar-refractivity contribution >= 4 is 22.6 Å². The van der Waals surface area contributed by atoms with Crippen LogP contribution >= 0.6 is 0 Å². The Morgan fingerprint density at radius 1 is 1.11 bits per heavy atom. The van der Waals surface area contributed by atoms with Crippen LogP contribution in [0.1, 0.15) is 26.2 Å². The lowest BCUT2D eigenvalue weighted by molar-refractivity contribution is 0.159. The Hall–Kier alpha value is -2.03. The summed E-state index contributed by atoms with van der Waals surface area (Å²) in [6, 6.07) is 13.8. The molecule has 0 saturated heterocycles. The van der Waals surface area contributed by atoms with Crippen LogP contribution < -0.4 is 5.32 Å². The van der Waals surface area contributed by atoms with Gasteiger partial charge in [0.05, 0.1) is 12.3 Å². The molecule has 0 aliphatic heterocycles. The third kappa shape index (κ3) is 3.71. The largest absolute Gasteiger partial charge is 0.449 e. The number of hydrogen-bond donors (Lipinski definition) is 1. The van der Waals surface area contributed by atoms with Crippen molar-refractivity contribution in [3.63, 3.8) is 0 Å². The number of ether oxygens (including phenoxy) is 1. The number of hydrogen-bond acceptors (Lipinski definition) is 2. The highest BCUT2D eigenvalue weighted by molar-refractivity contribution is 6.00. The Balaban J connectivity index is 1.99. The van der Waals surface area contributed by atoms with E-state index in [-0.39, 0.29) is 6.09 Å². The number of nitrogens with one attached hydrogen (secondary N) is 1. The number of carbonyl (C=O) groups excluding carboxylic acids is 1. The van der Waals surface area contributed by atoms with Gasteiger partial charge in [0.2, 0.25) is 0 Å². The van der Waals surface area contributed by atoms with E-state index < -0.39 is 0 Å². The second-order valence-corrected chi connectivity index (χ2v) is 4.49. The fourth-order valence-corrected chi connectivity index (χ4v) is 2.00. The van der Waals surface area contributed by atoms with Crippen molar-refractivity contribution < 1.29 is 9.53 Å². The van der Waals surface area contributed by atoms with Gasteiger partial charge in [-0.2, -0.15) is 0 Å². The number of benzene rings is 2. The Kier molecular flexibility index (Phi) is 4.78. The van der Waals surface area contributed by atoms with Gasteiger partial charge in [-0.25, -0.2) is 4.79 Å². The third-order valence-electron chi connectivity index (χ3n) is 3.01. The molecule has 3 nitrogen and oxygen atoms in total. The normalized spacial score (nSPS) is 10.4. The van der Waals surface area contributed by atoms with Crippen LogP contribution in [-0.4, -0.2) is 12.7 Å². The molecule has 2 aromatic carbocycles. The SMILES string of the molecule is CCCCCOC(=O)Nc1cccc2ccccc12. The van der Waals surface area contributed by atoms with Crippen molar-refractivity contribution in [2.45, 2.75) is 26.2 Å². The molecule has 2 aromatic rings. The van der Waals surface area contributed by atoms with Crippen LogP contribution in [-0.2, 0) is 4.74 Å². The molecule has 0 aromatic heterocycles. The molecule has 2 rings (SSSR count). The zero-order valence-corrected chi connectivity index (χ0v) is 11.2. The fraction of sp³-hybridized carbons (Fsp3) is 0.312. The van der Waals surface area contributed by atoms with Gasteiger partial charge < -0.3 is 4.74 Å². The van der Waals surface area contributed by atoms with Gasteiger partial charge in [-0.15, -0.1) is 0 Å². The Morgan fingerprint density at radius 3 is 2.74 bits per heavy atom. The smallest absolute Gasteiger partial charge is 0.411 e. The van der Waals surface area contributed by atoms with Gasteiger partial charge in [-0.1, -0.05) is 56.2 Å². The predicted octanol–water partition coefficient (Wildman–Crippen LogP) is 4.58. The van der Waals surface area contributed by atoms with E-state index in [4.69, 9.17) is 4.74 Å². The molecule has 3 heteroatoms. The van der Waals surface area contributed by atoms with Crippen molar-refractivity contribution in [1.82, 2.24) is 0 Å². The highest BCUT2D eigenvalue weighted by Crippen LogP contribution is 2.22. The summed E-state index contributed by atoms with van der Waals surface area (Å²) in [5.41, 5.74) is 0.790. The van der Waals surface area contributed by atoms with E-state index in [0.717, 1.165) is 35.7 Å². The molecular formula is C16H19NO2. The van der Waals surface area contributed by atoms with Crippen LogP contribution in [0.15, 0.2) is 42.5 Å². The maximum atomic E-state index is 11.7. The first-order valence-corrected chi connectivity index (χ1v) is 6.73. The van der Waals surface area contributed by atoms with Crippen LogP contribution in [0.3, 0.4) is 0 Å². The van der Waals surface area contributed by atoms with E-state index in [1.807, 2.05) is 42.5 Å². The minimum atomic E-state index is -0.382. The average Bonchev–Trinajstić information content (AvgIpc) is 2.44. The van der Waals surface area contributed by atoms with E-state index in [1.54, 1.807) is 0 Å². The van der Waals surface area contributed by atoms with Crippen LogP contribution in [0.4, 0.5) is 10.5 Å². The van der Waals surface area contributed by atoms with Crippen LogP contribution in [0.5, 0.6) is 0 Å². The number of fused-ring (bicyclic) bond motifs is 1. The van der Waals surface area contributed by atoms with Gasteiger partial charge in [0.15, 0.2) is 0 Å². The van der Waals surface area contributed by atoms with Gasteiger partial charge >= 0.3 is 6.09 Å². The second-order valence-electron chi connectivity index (χ2n) is 4.49. The number of unbranched alkanes of at least 4 members (excludes halogenated alkanes) is 2. The lowest BCUT2D eigenvalue weighted by Crippen LogP contribution is -2.14. The standard InChI is InChI=1S/C16H19NO2/c1-2-3-6-12-19-16(18)17-15-11-7-9-13-8-4-5-10-14(13)15/h4-5,7-11H,2-3,6,12H2,1H3,(H,17,18). The van der Waals surface area contributed by atoms with Gasteiger partial charge in [-0.3, -0.25) is 5.32 Å². The molecule has 19 heavy (non-hydrogen) atoms. The summed E-state index contributed by atoms with van der Waals surface area (Å²) in [7, 11) is 0. The lowest BCUT2D eigenvalue weighted by Gasteiger charge is -2.09. The van der Waals surface area contributed by atoms with Crippen molar-refractivity contribution in [2.75, 3.05) is 11.9 Å². The lowest BCUT2D eigenvalue weighted by atomic mass is 10.1. The highest BCUT2D eigenvalue weighted by atomic mass is 16.5. The Labute approximate surface area is 113 Å². The van der Waals surface area contributed by atoms with Gasteiger partial charge in [0.25, 0.3) is 0 Å². The summed E-state index contributed by atoms with van der Waals surface area (Å²) >= 11 is 0. The summed E-state index contributed by atoms with van der Waals surface area (Å²) in [6.07, 6.45) is 2.74. The number of carbonyl (C=O) groups is 1. The van der Waals surface area contributed by atoms with Gasteiger partial charge in [0.1, 0.15) is 0 Å². The molecule has 0 spiro atoms. The molecule has 0 aliphatic carbocycles. The number of amides is 1. The van der Waals surface area contributed by atoms with Crippen molar-refractivity contribution in [3.05, 3.63) is 42.5 Å². The molecule has 100 valence electrons. The molecule has 0 radical (unpaired) electrons. The molecule has 1 N–H and O–H groups in total. The predicted molar refractivity (Wildman–Crippen MR) is 78.4 cm³/mol. The minimum Gasteiger partial charge on any atom is -0.449 e. The van der Waals surface area contributed by atoms with E-state index in [0.29, 0.717) is 6.61 Å². The van der Waals surface area contributed by atoms with Crippen LogP contribution in [0.2, 0.25) is 0 Å². The highest BCUT2D eigenvalue weighted by Gasteiger charge is 2.05. The molecule has 0 saturated carbocycles. The number of anilines is 1. The second kappa shape index (κ2) is 6.78. The summed E-state index contributed by atoms with van der Waals surface area (Å²) in [6.45, 7) is 2.60.